The SMILES string of the molecule is CCCn1c(S[C@H](C)C(=O)Nc2ccccc2-c2ccccc2)nnc1-c1ccncc1. The van der Waals surface area contributed by atoms with Crippen molar-refractivity contribution in [2.45, 2.75) is 37.2 Å². The number of thioether (sulfide) groups is 1. The van der Waals surface area contributed by atoms with Crippen LogP contribution in [0, 0.1) is 0 Å². The smallest absolute Gasteiger partial charge is 0.237 e. The monoisotopic (exact) mass is 443 g/mol. The molecule has 2 heterocycles. The Morgan fingerprint density at radius 2 is 1.69 bits per heavy atom. The minimum absolute atomic E-state index is 0.0742. The van der Waals surface area contributed by atoms with E-state index in [-0.39, 0.29) is 11.2 Å². The Morgan fingerprint density at radius 3 is 2.44 bits per heavy atom. The molecule has 162 valence electrons. The van der Waals surface area contributed by atoms with Gasteiger partial charge in [0.25, 0.3) is 0 Å². The van der Waals surface area contributed by atoms with Gasteiger partial charge in [-0.05, 0) is 37.1 Å². The number of pyridine rings is 1. The molecule has 2 aromatic carbocycles. The molecule has 32 heavy (non-hydrogen) atoms. The van der Waals surface area contributed by atoms with Gasteiger partial charge < -0.3 is 9.88 Å². The number of amides is 1. The van der Waals surface area contributed by atoms with Gasteiger partial charge in [-0.25, -0.2) is 0 Å². The van der Waals surface area contributed by atoms with E-state index in [2.05, 4.69) is 32.0 Å². The summed E-state index contributed by atoms with van der Waals surface area (Å²) in [6.07, 6.45) is 4.43. The summed E-state index contributed by atoms with van der Waals surface area (Å²) in [5.74, 6) is 0.716. The van der Waals surface area contributed by atoms with Crippen molar-refractivity contribution in [2.75, 3.05) is 5.32 Å². The second kappa shape index (κ2) is 10.2. The number of hydrogen-bond acceptors (Lipinski definition) is 5. The number of para-hydroxylation sites is 1. The highest BCUT2D eigenvalue weighted by molar-refractivity contribution is 8.00. The molecule has 2 aromatic heterocycles. The first-order valence-corrected chi connectivity index (χ1v) is 11.5. The van der Waals surface area contributed by atoms with E-state index < -0.39 is 0 Å². The van der Waals surface area contributed by atoms with Gasteiger partial charge in [-0.2, -0.15) is 0 Å². The minimum Gasteiger partial charge on any atom is -0.325 e. The van der Waals surface area contributed by atoms with E-state index in [4.69, 9.17) is 0 Å². The maximum Gasteiger partial charge on any atom is 0.237 e. The maximum absolute atomic E-state index is 13.0. The van der Waals surface area contributed by atoms with Crippen molar-refractivity contribution in [3.05, 3.63) is 79.1 Å². The van der Waals surface area contributed by atoms with Gasteiger partial charge in [0.2, 0.25) is 5.91 Å². The Bertz CT molecular complexity index is 1180. The Kier molecular flexibility index (Phi) is 6.97. The maximum atomic E-state index is 13.0. The van der Waals surface area contributed by atoms with E-state index in [0.29, 0.717) is 0 Å². The number of nitrogens with one attached hydrogen (secondary N) is 1. The van der Waals surface area contributed by atoms with Crippen LogP contribution < -0.4 is 5.32 Å². The Hall–Kier alpha value is -3.45. The molecule has 0 aliphatic carbocycles. The van der Waals surface area contributed by atoms with Crippen molar-refractivity contribution in [3.8, 4) is 22.5 Å². The third-order valence-electron chi connectivity index (χ3n) is 5.02. The Morgan fingerprint density at radius 1 is 0.969 bits per heavy atom. The zero-order valence-corrected chi connectivity index (χ0v) is 18.9. The van der Waals surface area contributed by atoms with E-state index in [0.717, 1.165) is 46.3 Å². The molecule has 0 radical (unpaired) electrons. The number of rotatable bonds is 8. The van der Waals surface area contributed by atoms with Crippen LogP contribution in [0.5, 0.6) is 0 Å². The van der Waals surface area contributed by atoms with Crippen LogP contribution in [0.15, 0.2) is 84.3 Å². The zero-order chi connectivity index (χ0) is 22.3. The summed E-state index contributed by atoms with van der Waals surface area (Å²) in [6.45, 7) is 4.78. The van der Waals surface area contributed by atoms with Gasteiger partial charge in [-0.15, -0.1) is 10.2 Å². The van der Waals surface area contributed by atoms with Crippen LogP contribution in [0.3, 0.4) is 0 Å². The third-order valence-corrected chi connectivity index (χ3v) is 6.10. The van der Waals surface area contributed by atoms with Crippen LogP contribution in [0.25, 0.3) is 22.5 Å². The molecule has 4 aromatic rings. The Labute approximate surface area is 192 Å². The van der Waals surface area contributed by atoms with Gasteiger partial charge in [-0.3, -0.25) is 9.78 Å². The highest BCUT2D eigenvalue weighted by Gasteiger charge is 2.21. The summed E-state index contributed by atoms with van der Waals surface area (Å²) < 4.78 is 2.07. The van der Waals surface area contributed by atoms with E-state index >= 15 is 0 Å². The molecule has 1 N–H and O–H groups in total. The molecule has 0 saturated heterocycles. The molecule has 0 fully saturated rings. The standard InChI is InChI=1S/C25H25N5OS/c1-3-17-30-23(20-13-15-26-16-14-20)28-29-25(30)32-18(2)24(31)27-22-12-8-7-11-21(22)19-9-5-4-6-10-19/h4-16,18H,3,17H2,1-2H3,(H,27,31)/t18-/m1/s1. The average molecular weight is 444 g/mol. The van der Waals surface area contributed by atoms with E-state index in [9.17, 15) is 4.79 Å². The number of nitrogens with zero attached hydrogens (tertiary/aromatic N) is 4. The summed E-state index contributed by atoms with van der Waals surface area (Å²) in [4.78, 5) is 17.1. The number of benzene rings is 2. The summed E-state index contributed by atoms with van der Waals surface area (Å²) in [6, 6.07) is 21.7. The number of carbonyl (C=O) groups is 1. The lowest BCUT2D eigenvalue weighted by Gasteiger charge is -2.15. The van der Waals surface area contributed by atoms with E-state index in [1.807, 2.05) is 73.7 Å². The predicted octanol–water partition coefficient (Wildman–Crippen LogP) is 5.54. The first-order chi connectivity index (χ1) is 15.7. The lowest BCUT2D eigenvalue weighted by Crippen LogP contribution is -2.23. The molecule has 0 unspecified atom stereocenters. The highest BCUT2D eigenvalue weighted by Crippen LogP contribution is 2.30. The predicted molar refractivity (Wildman–Crippen MR) is 129 cm³/mol. The van der Waals surface area contributed by atoms with Crippen molar-refractivity contribution in [1.82, 2.24) is 19.7 Å². The first kappa shape index (κ1) is 21.8. The molecular weight excluding hydrogens is 418 g/mol. The second-order valence-corrected chi connectivity index (χ2v) is 8.66. The molecule has 0 saturated carbocycles. The van der Waals surface area contributed by atoms with Crippen LogP contribution >= 0.6 is 11.8 Å². The summed E-state index contributed by atoms with van der Waals surface area (Å²) >= 11 is 1.42. The molecule has 0 bridgehead atoms. The molecule has 0 aliphatic heterocycles. The number of anilines is 1. The largest absolute Gasteiger partial charge is 0.325 e. The molecule has 1 atom stereocenters. The van der Waals surface area contributed by atoms with Gasteiger partial charge >= 0.3 is 0 Å². The summed E-state index contributed by atoms with van der Waals surface area (Å²) in [7, 11) is 0. The van der Waals surface area contributed by atoms with Crippen molar-refractivity contribution < 1.29 is 4.79 Å². The number of carbonyl (C=O) groups excluding carboxylic acids is 1. The molecule has 6 nitrogen and oxygen atoms in total. The van der Waals surface area contributed by atoms with E-state index in [1.54, 1.807) is 12.4 Å². The Balaban J connectivity index is 1.53. The van der Waals surface area contributed by atoms with Gasteiger partial charge in [-0.1, -0.05) is 67.2 Å². The fourth-order valence-electron chi connectivity index (χ4n) is 3.42. The van der Waals surface area contributed by atoms with Crippen LogP contribution in [-0.4, -0.2) is 30.9 Å². The summed E-state index contributed by atoms with van der Waals surface area (Å²) in [5, 5.41) is 12.3. The van der Waals surface area contributed by atoms with Gasteiger partial charge in [0.15, 0.2) is 11.0 Å². The fourth-order valence-corrected chi connectivity index (χ4v) is 4.30. The van der Waals surface area contributed by atoms with Crippen LogP contribution in [0.1, 0.15) is 20.3 Å². The average Bonchev–Trinajstić information content (AvgIpc) is 3.23. The molecule has 0 aliphatic rings. The number of hydrogen-bond donors (Lipinski definition) is 1. The first-order valence-electron chi connectivity index (χ1n) is 10.6. The lowest BCUT2D eigenvalue weighted by molar-refractivity contribution is -0.115. The van der Waals surface area contributed by atoms with Gasteiger partial charge in [0.05, 0.1) is 5.25 Å². The quantitative estimate of drug-likeness (QED) is 0.362. The van der Waals surface area contributed by atoms with Crippen molar-refractivity contribution >= 4 is 23.4 Å². The molecule has 4 rings (SSSR count). The van der Waals surface area contributed by atoms with Crippen molar-refractivity contribution in [3.63, 3.8) is 0 Å². The molecule has 7 heteroatoms. The zero-order valence-electron chi connectivity index (χ0n) is 18.1. The third kappa shape index (κ3) is 4.89. The fraction of sp³-hybridized carbons (Fsp3) is 0.200. The van der Waals surface area contributed by atoms with Crippen molar-refractivity contribution in [2.24, 2.45) is 0 Å². The van der Waals surface area contributed by atoms with Crippen LogP contribution in [0.2, 0.25) is 0 Å². The van der Waals surface area contributed by atoms with Gasteiger partial charge in [0.1, 0.15) is 0 Å². The normalized spacial score (nSPS) is 11.8. The second-order valence-electron chi connectivity index (χ2n) is 7.35. The summed E-state index contributed by atoms with van der Waals surface area (Å²) in [5.41, 5.74) is 3.81. The minimum atomic E-state index is -0.344. The van der Waals surface area contributed by atoms with Crippen molar-refractivity contribution in [1.29, 1.82) is 0 Å². The highest BCUT2D eigenvalue weighted by atomic mass is 32.2. The van der Waals surface area contributed by atoms with Crippen LogP contribution in [0.4, 0.5) is 5.69 Å². The molecule has 1 amide bonds. The lowest BCUT2D eigenvalue weighted by atomic mass is 10.0. The van der Waals surface area contributed by atoms with Gasteiger partial charge in [0, 0.05) is 35.8 Å². The topological polar surface area (TPSA) is 72.7 Å². The van der Waals surface area contributed by atoms with Crippen LogP contribution in [-0.2, 0) is 11.3 Å². The molecule has 0 spiro atoms. The number of aromatic nitrogens is 4. The van der Waals surface area contributed by atoms with E-state index in [1.165, 1.54) is 11.8 Å². The molecular formula is C25H25N5OS.